The van der Waals surface area contributed by atoms with Crippen molar-refractivity contribution in [1.29, 1.82) is 0 Å². The molecule has 1 aliphatic heterocycles. The Kier molecular flexibility index (Phi) is 6.29. The van der Waals surface area contributed by atoms with Crippen molar-refractivity contribution in [1.82, 2.24) is 4.90 Å². The summed E-state index contributed by atoms with van der Waals surface area (Å²) < 4.78 is 4.77. The Morgan fingerprint density at radius 2 is 2.17 bits per heavy atom. The van der Waals surface area contributed by atoms with Crippen LogP contribution in [-0.4, -0.2) is 54.1 Å². The van der Waals surface area contributed by atoms with Crippen molar-refractivity contribution >= 4 is 11.8 Å². The third-order valence-electron chi connectivity index (χ3n) is 3.30. The van der Waals surface area contributed by atoms with Crippen molar-refractivity contribution in [2.24, 2.45) is 5.92 Å². The van der Waals surface area contributed by atoms with Crippen molar-refractivity contribution in [3.05, 3.63) is 0 Å². The molecule has 0 radical (unpaired) electrons. The van der Waals surface area contributed by atoms with Gasteiger partial charge in [0, 0.05) is 13.0 Å². The van der Waals surface area contributed by atoms with E-state index < -0.39 is 0 Å². The van der Waals surface area contributed by atoms with Crippen LogP contribution in [0.25, 0.3) is 0 Å². The monoisotopic (exact) mass is 257 g/mol. The number of rotatable bonds is 7. The number of esters is 1. The molecule has 0 aromatic rings. The molecule has 0 saturated carbocycles. The SMILES string of the molecule is CCOC(=O)CCC(=O)CN1CCC(C(C)O)C1. The van der Waals surface area contributed by atoms with Gasteiger partial charge in [-0.3, -0.25) is 14.5 Å². The van der Waals surface area contributed by atoms with Crippen molar-refractivity contribution in [2.75, 3.05) is 26.2 Å². The van der Waals surface area contributed by atoms with Crippen molar-refractivity contribution in [2.45, 2.75) is 39.2 Å². The molecule has 0 aromatic carbocycles. The smallest absolute Gasteiger partial charge is 0.306 e. The summed E-state index contributed by atoms with van der Waals surface area (Å²) in [7, 11) is 0. The third kappa shape index (κ3) is 5.14. The number of carbonyl (C=O) groups is 2. The summed E-state index contributed by atoms with van der Waals surface area (Å²) >= 11 is 0. The van der Waals surface area contributed by atoms with E-state index >= 15 is 0 Å². The van der Waals surface area contributed by atoms with Crippen LogP contribution >= 0.6 is 0 Å². The average molecular weight is 257 g/mol. The zero-order valence-corrected chi connectivity index (χ0v) is 11.2. The summed E-state index contributed by atoms with van der Waals surface area (Å²) in [4.78, 5) is 24.8. The quantitative estimate of drug-likeness (QED) is 0.677. The molecule has 0 bridgehead atoms. The second-order valence-electron chi connectivity index (χ2n) is 4.87. The Hall–Kier alpha value is -0.940. The average Bonchev–Trinajstić information content (AvgIpc) is 2.75. The lowest BCUT2D eigenvalue weighted by Crippen LogP contribution is -2.29. The normalized spacial score (nSPS) is 21.8. The van der Waals surface area contributed by atoms with E-state index in [0.29, 0.717) is 13.2 Å². The van der Waals surface area contributed by atoms with Gasteiger partial charge < -0.3 is 9.84 Å². The molecule has 1 fully saturated rings. The zero-order chi connectivity index (χ0) is 13.5. The van der Waals surface area contributed by atoms with Crippen molar-refractivity contribution in [3.8, 4) is 0 Å². The van der Waals surface area contributed by atoms with Gasteiger partial charge in [0.05, 0.1) is 25.7 Å². The van der Waals surface area contributed by atoms with E-state index in [1.165, 1.54) is 0 Å². The Bertz CT molecular complexity index is 291. The molecule has 5 nitrogen and oxygen atoms in total. The van der Waals surface area contributed by atoms with Gasteiger partial charge in [0.1, 0.15) is 5.78 Å². The molecule has 0 aliphatic carbocycles. The van der Waals surface area contributed by atoms with Gasteiger partial charge >= 0.3 is 5.97 Å². The van der Waals surface area contributed by atoms with Gasteiger partial charge in [0.15, 0.2) is 0 Å². The Balaban J connectivity index is 2.19. The van der Waals surface area contributed by atoms with Crippen LogP contribution in [0.3, 0.4) is 0 Å². The summed E-state index contributed by atoms with van der Waals surface area (Å²) in [6.07, 6.45) is 1.03. The molecule has 18 heavy (non-hydrogen) atoms. The topological polar surface area (TPSA) is 66.8 Å². The molecule has 104 valence electrons. The van der Waals surface area contributed by atoms with E-state index in [-0.39, 0.29) is 36.6 Å². The van der Waals surface area contributed by atoms with E-state index in [1.54, 1.807) is 13.8 Å². The van der Waals surface area contributed by atoms with Crippen LogP contribution < -0.4 is 0 Å². The van der Waals surface area contributed by atoms with E-state index in [1.807, 2.05) is 4.90 Å². The van der Waals surface area contributed by atoms with Gasteiger partial charge in [-0.05, 0) is 32.7 Å². The standard InChI is InChI=1S/C13H23NO4/c1-3-18-13(17)5-4-12(16)9-14-7-6-11(8-14)10(2)15/h10-11,15H,3-9H2,1-2H3. The molecule has 2 atom stereocenters. The number of likely N-dealkylation sites (tertiary alicyclic amines) is 1. The van der Waals surface area contributed by atoms with Crippen LogP contribution in [0, 0.1) is 5.92 Å². The molecule has 2 unspecified atom stereocenters. The first-order valence-corrected chi connectivity index (χ1v) is 6.60. The maximum Gasteiger partial charge on any atom is 0.306 e. The summed E-state index contributed by atoms with van der Waals surface area (Å²) in [5.41, 5.74) is 0. The van der Waals surface area contributed by atoms with Gasteiger partial charge in [0.25, 0.3) is 0 Å². The maximum absolute atomic E-state index is 11.7. The highest BCUT2D eigenvalue weighted by Gasteiger charge is 2.26. The number of Topliss-reactive ketones (excluding diaryl/α,β-unsaturated/α-hetero) is 1. The highest BCUT2D eigenvalue weighted by atomic mass is 16.5. The lowest BCUT2D eigenvalue weighted by molar-refractivity contribution is -0.144. The van der Waals surface area contributed by atoms with Gasteiger partial charge in [-0.25, -0.2) is 0 Å². The number of aliphatic hydroxyl groups is 1. The van der Waals surface area contributed by atoms with E-state index in [2.05, 4.69) is 0 Å². The highest BCUT2D eigenvalue weighted by molar-refractivity contribution is 5.84. The summed E-state index contributed by atoms with van der Waals surface area (Å²) in [6, 6.07) is 0. The van der Waals surface area contributed by atoms with Gasteiger partial charge in [-0.2, -0.15) is 0 Å². The molecule has 0 amide bonds. The lowest BCUT2D eigenvalue weighted by atomic mass is 10.0. The largest absolute Gasteiger partial charge is 0.466 e. The molecule has 1 aliphatic rings. The number of aliphatic hydroxyl groups excluding tert-OH is 1. The number of ketones is 1. The fourth-order valence-electron chi connectivity index (χ4n) is 2.20. The molecule has 1 saturated heterocycles. The predicted molar refractivity (Wildman–Crippen MR) is 67.1 cm³/mol. The van der Waals surface area contributed by atoms with E-state index in [4.69, 9.17) is 4.74 Å². The van der Waals surface area contributed by atoms with Gasteiger partial charge in [0.2, 0.25) is 0 Å². The molecular formula is C13H23NO4. The second-order valence-corrected chi connectivity index (χ2v) is 4.87. The van der Waals surface area contributed by atoms with Crippen LogP contribution in [0.5, 0.6) is 0 Å². The summed E-state index contributed by atoms with van der Waals surface area (Å²) in [6.45, 7) is 5.89. The zero-order valence-electron chi connectivity index (χ0n) is 11.2. The molecule has 1 heterocycles. The second kappa shape index (κ2) is 7.48. The van der Waals surface area contributed by atoms with Crippen molar-refractivity contribution in [3.63, 3.8) is 0 Å². The van der Waals surface area contributed by atoms with Gasteiger partial charge in [-0.1, -0.05) is 0 Å². The Morgan fingerprint density at radius 1 is 1.44 bits per heavy atom. The molecular weight excluding hydrogens is 234 g/mol. The molecule has 5 heteroatoms. The van der Waals surface area contributed by atoms with Gasteiger partial charge in [-0.15, -0.1) is 0 Å². The molecule has 0 aromatic heterocycles. The van der Waals surface area contributed by atoms with Crippen LogP contribution in [0.2, 0.25) is 0 Å². The highest BCUT2D eigenvalue weighted by Crippen LogP contribution is 2.19. The number of carbonyl (C=O) groups excluding carboxylic acids is 2. The van der Waals surface area contributed by atoms with Crippen LogP contribution in [-0.2, 0) is 14.3 Å². The fourth-order valence-corrected chi connectivity index (χ4v) is 2.20. The minimum atomic E-state index is -0.315. The van der Waals surface area contributed by atoms with Crippen LogP contribution in [0.1, 0.15) is 33.1 Å². The first kappa shape index (κ1) is 15.1. The minimum absolute atomic E-state index is 0.0642. The predicted octanol–water partition coefficient (Wildman–Crippen LogP) is 0.602. The summed E-state index contributed by atoms with van der Waals surface area (Å²) in [5.74, 6) is 0.0197. The number of hydrogen-bond donors (Lipinski definition) is 1. The van der Waals surface area contributed by atoms with E-state index in [0.717, 1.165) is 19.5 Å². The van der Waals surface area contributed by atoms with E-state index in [9.17, 15) is 14.7 Å². The maximum atomic E-state index is 11.7. The van der Waals surface area contributed by atoms with Crippen molar-refractivity contribution < 1.29 is 19.4 Å². The number of nitrogens with zero attached hydrogens (tertiary/aromatic N) is 1. The summed E-state index contributed by atoms with van der Waals surface area (Å²) in [5, 5.41) is 9.47. The Labute approximate surface area is 108 Å². The lowest BCUT2D eigenvalue weighted by Gasteiger charge is -2.16. The first-order chi connectivity index (χ1) is 8.52. The molecule has 1 rings (SSSR count). The minimum Gasteiger partial charge on any atom is -0.466 e. The molecule has 1 N–H and O–H groups in total. The first-order valence-electron chi connectivity index (χ1n) is 6.60. The Morgan fingerprint density at radius 3 is 2.72 bits per heavy atom. The number of ether oxygens (including phenoxy) is 1. The molecule has 0 spiro atoms. The third-order valence-corrected chi connectivity index (χ3v) is 3.30. The number of hydrogen-bond acceptors (Lipinski definition) is 5. The van der Waals surface area contributed by atoms with Crippen LogP contribution in [0.4, 0.5) is 0 Å². The fraction of sp³-hybridized carbons (Fsp3) is 0.846. The van der Waals surface area contributed by atoms with Crippen LogP contribution in [0.15, 0.2) is 0 Å².